The van der Waals surface area contributed by atoms with E-state index in [-0.39, 0.29) is 0 Å². The molecule has 2 N–H and O–H groups in total. The number of nitrogens with one attached hydrogen (secondary N) is 1. The lowest BCUT2D eigenvalue weighted by atomic mass is 10.0. The van der Waals surface area contributed by atoms with Gasteiger partial charge in [-0.2, -0.15) is 0 Å². The number of hydrogen-bond donors (Lipinski definition) is 2. The van der Waals surface area contributed by atoms with Crippen molar-refractivity contribution in [1.29, 1.82) is 0 Å². The van der Waals surface area contributed by atoms with Crippen molar-refractivity contribution in [2.24, 2.45) is 5.92 Å². The molecule has 0 radical (unpaired) electrons. The van der Waals surface area contributed by atoms with Gasteiger partial charge in [-0.25, -0.2) is 4.79 Å². The van der Waals surface area contributed by atoms with E-state index >= 15 is 0 Å². The Balaban J connectivity index is 2.76. The molecule has 1 aromatic rings. The van der Waals surface area contributed by atoms with Crippen molar-refractivity contribution in [2.45, 2.75) is 33.2 Å². The number of pyridine rings is 1. The molecule has 16 heavy (non-hydrogen) atoms. The number of rotatable bonds is 5. The maximum Gasteiger partial charge on any atom is 0.326 e. The van der Waals surface area contributed by atoms with E-state index in [2.05, 4.69) is 10.3 Å². The Kier molecular flexibility index (Phi) is 4.28. The molecule has 0 aliphatic heterocycles. The van der Waals surface area contributed by atoms with Crippen molar-refractivity contribution in [1.82, 2.24) is 4.98 Å². The predicted octanol–water partition coefficient (Wildman–Crippen LogP) is 2.30. The van der Waals surface area contributed by atoms with Gasteiger partial charge in [-0.15, -0.1) is 0 Å². The summed E-state index contributed by atoms with van der Waals surface area (Å²) in [6.45, 7) is 5.93. The Morgan fingerprint density at radius 1 is 1.56 bits per heavy atom. The fraction of sp³-hybridized carbons (Fsp3) is 0.500. The SMILES string of the molecule is Cc1cnccc1NC(CC(C)C)C(=O)O. The molecular formula is C12H18N2O2. The molecule has 4 heteroatoms. The number of carbonyl (C=O) groups is 1. The van der Waals surface area contributed by atoms with Crippen LogP contribution in [-0.2, 0) is 4.79 Å². The molecule has 0 spiro atoms. The second-order valence-electron chi connectivity index (χ2n) is 4.36. The maximum absolute atomic E-state index is 11.1. The molecule has 0 bridgehead atoms. The topological polar surface area (TPSA) is 62.2 Å². The summed E-state index contributed by atoms with van der Waals surface area (Å²) in [4.78, 5) is 15.0. The zero-order valence-electron chi connectivity index (χ0n) is 9.90. The molecule has 0 saturated heterocycles. The zero-order chi connectivity index (χ0) is 12.1. The van der Waals surface area contributed by atoms with Gasteiger partial charge in [-0.05, 0) is 30.9 Å². The van der Waals surface area contributed by atoms with Crippen LogP contribution in [0.3, 0.4) is 0 Å². The van der Waals surface area contributed by atoms with Gasteiger partial charge in [0.2, 0.25) is 0 Å². The first-order chi connectivity index (χ1) is 7.50. The third-order valence-corrected chi connectivity index (χ3v) is 2.36. The highest BCUT2D eigenvalue weighted by Crippen LogP contribution is 2.16. The third-order valence-electron chi connectivity index (χ3n) is 2.36. The normalized spacial score (nSPS) is 12.5. The summed E-state index contributed by atoms with van der Waals surface area (Å²) < 4.78 is 0. The van der Waals surface area contributed by atoms with E-state index < -0.39 is 12.0 Å². The number of carboxylic acids is 1. The fourth-order valence-electron chi connectivity index (χ4n) is 1.52. The molecular weight excluding hydrogens is 204 g/mol. The van der Waals surface area contributed by atoms with Crippen LogP contribution >= 0.6 is 0 Å². The largest absolute Gasteiger partial charge is 0.480 e. The Labute approximate surface area is 95.7 Å². The third kappa shape index (κ3) is 3.53. The van der Waals surface area contributed by atoms with Gasteiger partial charge in [0.1, 0.15) is 6.04 Å². The van der Waals surface area contributed by atoms with Crippen LogP contribution < -0.4 is 5.32 Å². The number of anilines is 1. The molecule has 0 amide bonds. The van der Waals surface area contributed by atoms with Gasteiger partial charge in [0.05, 0.1) is 0 Å². The standard InChI is InChI=1S/C12H18N2O2/c1-8(2)6-11(12(15)16)14-10-4-5-13-7-9(10)3/h4-5,7-8,11H,6H2,1-3H3,(H,13,14)(H,15,16). The van der Waals surface area contributed by atoms with Crippen molar-refractivity contribution < 1.29 is 9.90 Å². The van der Waals surface area contributed by atoms with Crippen LogP contribution in [0.15, 0.2) is 18.5 Å². The Hall–Kier alpha value is -1.58. The molecule has 88 valence electrons. The lowest BCUT2D eigenvalue weighted by Gasteiger charge is -2.18. The second kappa shape index (κ2) is 5.49. The Bertz CT molecular complexity index is 364. The molecule has 1 aromatic heterocycles. The van der Waals surface area contributed by atoms with Crippen molar-refractivity contribution in [3.63, 3.8) is 0 Å². The lowest BCUT2D eigenvalue weighted by Crippen LogP contribution is -2.31. The number of aromatic nitrogens is 1. The summed E-state index contributed by atoms with van der Waals surface area (Å²) in [7, 11) is 0. The van der Waals surface area contributed by atoms with Crippen LogP contribution in [0.5, 0.6) is 0 Å². The number of aliphatic carboxylic acids is 1. The summed E-state index contributed by atoms with van der Waals surface area (Å²) in [5.74, 6) is -0.472. The van der Waals surface area contributed by atoms with Gasteiger partial charge in [0, 0.05) is 18.1 Å². The molecule has 1 atom stereocenters. The minimum absolute atomic E-state index is 0.343. The summed E-state index contributed by atoms with van der Waals surface area (Å²) in [5.41, 5.74) is 1.79. The number of carboxylic acid groups (broad SMARTS) is 1. The molecule has 1 heterocycles. The number of hydrogen-bond acceptors (Lipinski definition) is 3. The molecule has 0 aliphatic rings. The first-order valence-corrected chi connectivity index (χ1v) is 5.40. The number of nitrogens with zero attached hydrogens (tertiary/aromatic N) is 1. The molecule has 0 fully saturated rings. The average molecular weight is 222 g/mol. The lowest BCUT2D eigenvalue weighted by molar-refractivity contribution is -0.138. The van der Waals surface area contributed by atoms with E-state index in [1.54, 1.807) is 18.5 Å². The monoisotopic (exact) mass is 222 g/mol. The molecule has 1 rings (SSSR count). The van der Waals surface area contributed by atoms with Crippen molar-refractivity contribution in [3.8, 4) is 0 Å². The van der Waals surface area contributed by atoms with Crippen LogP contribution in [0.1, 0.15) is 25.8 Å². The minimum atomic E-state index is -0.815. The zero-order valence-corrected chi connectivity index (χ0v) is 9.90. The molecule has 4 nitrogen and oxygen atoms in total. The van der Waals surface area contributed by atoms with E-state index in [1.165, 1.54) is 0 Å². The van der Waals surface area contributed by atoms with Gasteiger partial charge in [0.25, 0.3) is 0 Å². The fourth-order valence-corrected chi connectivity index (χ4v) is 1.52. The Morgan fingerprint density at radius 2 is 2.25 bits per heavy atom. The van der Waals surface area contributed by atoms with Gasteiger partial charge >= 0.3 is 5.97 Å². The second-order valence-corrected chi connectivity index (χ2v) is 4.36. The van der Waals surface area contributed by atoms with E-state index in [0.29, 0.717) is 12.3 Å². The predicted molar refractivity (Wildman–Crippen MR) is 63.5 cm³/mol. The first-order valence-electron chi connectivity index (χ1n) is 5.40. The Morgan fingerprint density at radius 3 is 2.75 bits per heavy atom. The molecule has 0 saturated carbocycles. The average Bonchev–Trinajstić information content (AvgIpc) is 2.19. The van der Waals surface area contributed by atoms with Gasteiger partial charge in [-0.3, -0.25) is 4.98 Å². The van der Waals surface area contributed by atoms with Crippen LogP contribution in [-0.4, -0.2) is 22.1 Å². The highest BCUT2D eigenvalue weighted by atomic mass is 16.4. The number of aryl methyl sites for hydroxylation is 1. The molecule has 1 unspecified atom stereocenters. The highest BCUT2D eigenvalue weighted by molar-refractivity contribution is 5.77. The smallest absolute Gasteiger partial charge is 0.326 e. The van der Waals surface area contributed by atoms with E-state index in [1.807, 2.05) is 20.8 Å². The summed E-state index contributed by atoms with van der Waals surface area (Å²) >= 11 is 0. The summed E-state index contributed by atoms with van der Waals surface area (Å²) in [6.07, 6.45) is 3.98. The summed E-state index contributed by atoms with van der Waals surface area (Å²) in [5, 5.41) is 12.1. The van der Waals surface area contributed by atoms with Gasteiger partial charge in [-0.1, -0.05) is 13.8 Å². The van der Waals surface area contributed by atoms with Gasteiger partial charge in [0.15, 0.2) is 0 Å². The van der Waals surface area contributed by atoms with Crippen LogP contribution in [0, 0.1) is 12.8 Å². The van der Waals surface area contributed by atoms with Crippen LogP contribution in [0.2, 0.25) is 0 Å². The van der Waals surface area contributed by atoms with Crippen molar-refractivity contribution >= 4 is 11.7 Å². The van der Waals surface area contributed by atoms with Crippen molar-refractivity contribution in [3.05, 3.63) is 24.0 Å². The first kappa shape index (κ1) is 12.5. The van der Waals surface area contributed by atoms with E-state index in [0.717, 1.165) is 11.3 Å². The quantitative estimate of drug-likeness (QED) is 0.802. The highest BCUT2D eigenvalue weighted by Gasteiger charge is 2.18. The van der Waals surface area contributed by atoms with Gasteiger partial charge < -0.3 is 10.4 Å². The van der Waals surface area contributed by atoms with Crippen molar-refractivity contribution in [2.75, 3.05) is 5.32 Å². The van der Waals surface area contributed by atoms with Crippen LogP contribution in [0.4, 0.5) is 5.69 Å². The minimum Gasteiger partial charge on any atom is -0.480 e. The molecule has 0 aliphatic carbocycles. The molecule has 0 aromatic carbocycles. The maximum atomic E-state index is 11.1. The van der Waals surface area contributed by atoms with E-state index in [4.69, 9.17) is 5.11 Å². The van der Waals surface area contributed by atoms with Crippen LogP contribution in [0.25, 0.3) is 0 Å². The summed E-state index contributed by atoms with van der Waals surface area (Å²) in [6, 6.07) is 1.26. The van der Waals surface area contributed by atoms with E-state index in [9.17, 15) is 4.79 Å².